The van der Waals surface area contributed by atoms with Crippen molar-refractivity contribution in [1.82, 2.24) is 0 Å². The van der Waals surface area contributed by atoms with Crippen molar-refractivity contribution in [2.75, 3.05) is 0 Å². The first-order chi connectivity index (χ1) is 6.97. The van der Waals surface area contributed by atoms with E-state index in [1.807, 2.05) is 0 Å². The molecule has 0 radical (unpaired) electrons. The molecule has 0 amide bonds. The summed E-state index contributed by atoms with van der Waals surface area (Å²) in [6, 6.07) is 1.20. The first-order valence-electron chi connectivity index (χ1n) is 3.97. The molecule has 0 aliphatic heterocycles. The van der Waals surface area contributed by atoms with Gasteiger partial charge < -0.3 is 15.3 Å². The van der Waals surface area contributed by atoms with Crippen molar-refractivity contribution in [2.45, 2.75) is 12.7 Å². The zero-order valence-corrected chi connectivity index (χ0v) is 7.44. The number of carbonyl (C=O) groups is 1. The Bertz CT molecular complexity index is 392. The lowest BCUT2D eigenvalue weighted by Crippen LogP contribution is -2.13. The van der Waals surface area contributed by atoms with Gasteiger partial charge in [-0.3, -0.25) is 0 Å². The normalized spacial score (nSPS) is 12.5. The van der Waals surface area contributed by atoms with E-state index >= 15 is 0 Å². The van der Waals surface area contributed by atoms with Crippen molar-refractivity contribution in [3.8, 4) is 0 Å². The predicted octanol–water partition coefficient (Wildman–Crippen LogP) is 0.575. The van der Waals surface area contributed by atoms with Crippen LogP contribution in [0.5, 0.6) is 0 Å². The van der Waals surface area contributed by atoms with Crippen LogP contribution in [0.2, 0.25) is 0 Å². The van der Waals surface area contributed by atoms with Crippen LogP contribution >= 0.6 is 0 Å². The van der Waals surface area contributed by atoms with E-state index in [1.165, 1.54) is 0 Å². The van der Waals surface area contributed by atoms with E-state index in [-0.39, 0.29) is 11.1 Å². The summed E-state index contributed by atoms with van der Waals surface area (Å²) >= 11 is 0. The van der Waals surface area contributed by atoms with Gasteiger partial charge in [-0.15, -0.1) is 0 Å². The first-order valence-corrected chi connectivity index (χ1v) is 3.97. The van der Waals surface area contributed by atoms with Crippen molar-refractivity contribution in [3.05, 3.63) is 34.9 Å². The highest BCUT2D eigenvalue weighted by Gasteiger charge is 2.21. The highest BCUT2D eigenvalue weighted by Crippen LogP contribution is 2.21. The van der Waals surface area contributed by atoms with Gasteiger partial charge in [0.05, 0.1) is 6.61 Å². The van der Waals surface area contributed by atoms with Crippen molar-refractivity contribution < 1.29 is 28.9 Å². The third-order valence-corrected chi connectivity index (χ3v) is 1.88. The van der Waals surface area contributed by atoms with Crippen LogP contribution in [0.25, 0.3) is 0 Å². The second-order valence-corrected chi connectivity index (χ2v) is 2.86. The van der Waals surface area contributed by atoms with Gasteiger partial charge in [0.25, 0.3) is 0 Å². The zero-order chi connectivity index (χ0) is 11.6. The number of hydrogen-bond donors (Lipinski definition) is 3. The summed E-state index contributed by atoms with van der Waals surface area (Å²) in [4.78, 5) is 10.4. The lowest BCUT2D eigenvalue weighted by atomic mass is 10.0. The SMILES string of the molecule is O=C(O)C(O)c1cc(F)c(F)cc1CO. The van der Waals surface area contributed by atoms with Crippen molar-refractivity contribution in [3.63, 3.8) is 0 Å². The minimum absolute atomic E-state index is 0.163. The Hall–Kier alpha value is -1.53. The van der Waals surface area contributed by atoms with Gasteiger partial charge in [-0.05, 0) is 17.7 Å². The average molecular weight is 218 g/mol. The molecule has 0 aliphatic rings. The summed E-state index contributed by atoms with van der Waals surface area (Å²) < 4.78 is 25.5. The molecule has 0 aromatic heterocycles. The quantitative estimate of drug-likeness (QED) is 0.693. The van der Waals surface area contributed by atoms with E-state index in [9.17, 15) is 13.6 Å². The number of rotatable bonds is 3. The molecule has 82 valence electrons. The summed E-state index contributed by atoms with van der Waals surface area (Å²) in [7, 11) is 0. The van der Waals surface area contributed by atoms with Gasteiger partial charge in [-0.25, -0.2) is 13.6 Å². The van der Waals surface area contributed by atoms with Crippen LogP contribution in [0.15, 0.2) is 12.1 Å². The Kier molecular flexibility index (Phi) is 3.33. The molecular weight excluding hydrogens is 210 g/mol. The molecule has 0 saturated carbocycles. The van der Waals surface area contributed by atoms with E-state index in [2.05, 4.69) is 0 Å². The van der Waals surface area contributed by atoms with Crippen molar-refractivity contribution in [2.24, 2.45) is 0 Å². The molecule has 4 nitrogen and oxygen atoms in total. The first kappa shape index (κ1) is 11.5. The summed E-state index contributed by atoms with van der Waals surface area (Å²) in [5.41, 5.74) is -0.521. The summed E-state index contributed by atoms with van der Waals surface area (Å²) in [6.07, 6.45) is -1.98. The van der Waals surface area contributed by atoms with E-state index < -0.39 is 30.3 Å². The number of hydrogen-bond acceptors (Lipinski definition) is 3. The van der Waals surface area contributed by atoms with Gasteiger partial charge in [-0.1, -0.05) is 0 Å². The number of benzene rings is 1. The third-order valence-electron chi connectivity index (χ3n) is 1.88. The highest BCUT2D eigenvalue weighted by molar-refractivity contribution is 5.74. The average Bonchev–Trinajstić information content (AvgIpc) is 2.20. The van der Waals surface area contributed by atoms with Gasteiger partial charge in [0, 0.05) is 5.56 Å². The van der Waals surface area contributed by atoms with E-state index in [0.29, 0.717) is 12.1 Å². The molecule has 0 aliphatic carbocycles. The molecule has 15 heavy (non-hydrogen) atoms. The molecule has 3 N–H and O–H groups in total. The fourth-order valence-corrected chi connectivity index (χ4v) is 1.13. The van der Waals surface area contributed by atoms with Crippen LogP contribution in [0, 0.1) is 11.6 Å². The summed E-state index contributed by atoms with van der Waals surface area (Å²) in [5.74, 6) is -4.08. The fraction of sp³-hybridized carbons (Fsp3) is 0.222. The molecule has 6 heteroatoms. The number of carboxylic acid groups (broad SMARTS) is 1. The van der Waals surface area contributed by atoms with Gasteiger partial charge in [0.2, 0.25) is 0 Å². The Labute approximate surface area is 83.4 Å². The predicted molar refractivity (Wildman–Crippen MR) is 44.9 cm³/mol. The second kappa shape index (κ2) is 4.33. The standard InChI is InChI=1S/C9H8F2O4/c10-6-1-4(3-12)5(2-7(6)11)8(13)9(14)15/h1-2,8,12-13H,3H2,(H,14,15). The Morgan fingerprint density at radius 3 is 2.33 bits per heavy atom. The number of carboxylic acids is 1. The molecule has 0 spiro atoms. The van der Waals surface area contributed by atoms with Gasteiger partial charge in [-0.2, -0.15) is 0 Å². The van der Waals surface area contributed by atoms with Crippen molar-refractivity contribution in [1.29, 1.82) is 0 Å². The monoisotopic (exact) mass is 218 g/mol. The largest absolute Gasteiger partial charge is 0.479 e. The molecule has 1 aromatic rings. The van der Waals surface area contributed by atoms with Crippen LogP contribution in [0.1, 0.15) is 17.2 Å². The molecule has 1 rings (SSSR count). The number of aliphatic hydroxyl groups excluding tert-OH is 2. The highest BCUT2D eigenvalue weighted by atomic mass is 19.2. The third kappa shape index (κ3) is 2.28. The minimum Gasteiger partial charge on any atom is -0.479 e. The fourth-order valence-electron chi connectivity index (χ4n) is 1.13. The van der Waals surface area contributed by atoms with Crippen LogP contribution < -0.4 is 0 Å². The molecular formula is C9H8F2O4. The van der Waals surface area contributed by atoms with Crippen LogP contribution in [0.3, 0.4) is 0 Å². The molecule has 1 aromatic carbocycles. The number of halogens is 2. The van der Waals surface area contributed by atoms with Gasteiger partial charge in [0.15, 0.2) is 17.7 Å². The number of aliphatic carboxylic acids is 1. The van der Waals surface area contributed by atoms with E-state index in [0.717, 1.165) is 0 Å². The molecule has 0 heterocycles. The van der Waals surface area contributed by atoms with Crippen molar-refractivity contribution >= 4 is 5.97 Å². The second-order valence-electron chi connectivity index (χ2n) is 2.86. The molecule has 0 fully saturated rings. The van der Waals surface area contributed by atoms with Crippen LogP contribution in [0.4, 0.5) is 8.78 Å². The lowest BCUT2D eigenvalue weighted by molar-refractivity contribution is -0.147. The maximum atomic E-state index is 12.8. The van der Waals surface area contributed by atoms with Crippen LogP contribution in [-0.4, -0.2) is 21.3 Å². The molecule has 1 atom stereocenters. The smallest absolute Gasteiger partial charge is 0.337 e. The topological polar surface area (TPSA) is 77.8 Å². The maximum absolute atomic E-state index is 12.8. The Morgan fingerprint density at radius 2 is 1.87 bits per heavy atom. The molecule has 0 bridgehead atoms. The Morgan fingerprint density at radius 1 is 1.33 bits per heavy atom. The molecule has 0 saturated heterocycles. The van der Waals surface area contributed by atoms with E-state index in [1.54, 1.807) is 0 Å². The summed E-state index contributed by atoms with van der Waals surface area (Å²) in [5, 5.41) is 26.4. The zero-order valence-electron chi connectivity index (χ0n) is 7.44. The molecule has 1 unspecified atom stereocenters. The maximum Gasteiger partial charge on any atom is 0.337 e. The Balaban J connectivity index is 3.27. The lowest BCUT2D eigenvalue weighted by Gasteiger charge is -2.11. The summed E-state index contributed by atoms with van der Waals surface area (Å²) in [6.45, 7) is -0.684. The van der Waals surface area contributed by atoms with Crippen LogP contribution in [-0.2, 0) is 11.4 Å². The van der Waals surface area contributed by atoms with Gasteiger partial charge in [0.1, 0.15) is 0 Å². The number of aliphatic hydroxyl groups is 2. The van der Waals surface area contributed by atoms with E-state index in [4.69, 9.17) is 15.3 Å². The van der Waals surface area contributed by atoms with Gasteiger partial charge >= 0.3 is 5.97 Å². The minimum atomic E-state index is -1.98.